The van der Waals surface area contributed by atoms with Crippen LogP contribution in [-0.4, -0.2) is 42.6 Å². The van der Waals surface area contributed by atoms with Crippen LogP contribution in [0.1, 0.15) is 39.4 Å². The molecule has 0 bridgehead atoms. The SMILES string of the molecule is Cc1ccc(C)c(OCCCN(C)c2nc(C)nc3c2CCNC3=O)c1. The van der Waals surface area contributed by atoms with E-state index in [2.05, 4.69) is 52.2 Å². The van der Waals surface area contributed by atoms with Crippen LogP contribution in [0, 0.1) is 20.8 Å². The van der Waals surface area contributed by atoms with Crippen LogP contribution in [0.3, 0.4) is 0 Å². The van der Waals surface area contributed by atoms with Gasteiger partial charge in [0.05, 0.1) is 6.61 Å². The van der Waals surface area contributed by atoms with Gasteiger partial charge in [-0.3, -0.25) is 4.79 Å². The summed E-state index contributed by atoms with van der Waals surface area (Å²) in [7, 11) is 2.01. The van der Waals surface area contributed by atoms with E-state index in [1.54, 1.807) is 0 Å². The third-order valence-electron chi connectivity index (χ3n) is 4.57. The number of nitrogens with zero attached hydrogens (tertiary/aromatic N) is 3. The van der Waals surface area contributed by atoms with E-state index in [9.17, 15) is 4.79 Å². The minimum Gasteiger partial charge on any atom is -0.493 e. The van der Waals surface area contributed by atoms with Crippen molar-refractivity contribution in [1.29, 1.82) is 0 Å². The van der Waals surface area contributed by atoms with Gasteiger partial charge in [-0.15, -0.1) is 0 Å². The molecule has 0 saturated heterocycles. The van der Waals surface area contributed by atoms with Gasteiger partial charge in [-0.1, -0.05) is 12.1 Å². The summed E-state index contributed by atoms with van der Waals surface area (Å²) in [5.74, 6) is 2.31. The van der Waals surface area contributed by atoms with E-state index < -0.39 is 0 Å². The van der Waals surface area contributed by atoms with E-state index in [-0.39, 0.29) is 5.91 Å². The summed E-state index contributed by atoms with van der Waals surface area (Å²) < 4.78 is 5.93. The van der Waals surface area contributed by atoms with Gasteiger partial charge in [0.2, 0.25) is 0 Å². The molecule has 0 aliphatic carbocycles. The average molecular weight is 354 g/mol. The van der Waals surface area contributed by atoms with Crippen molar-refractivity contribution >= 4 is 11.7 Å². The molecule has 6 nitrogen and oxygen atoms in total. The lowest BCUT2D eigenvalue weighted by molar-refractivity contribution is 0.0940. The monoisotopic (exact) mass is 354 g/mol. The van der Waals surface area contributed by atoms with E-state index >= 15 is 0 Å². The van der Waals surface area contributed by atoms with Crippen LogP contribution < -0.4 is 15.0 Å². The summed E-state index contributed by atoms with van der Waals surface area (Å²) >= 11 is 0. The van der Waals surface area contributed by atoms with Gasteiger partial charge in [0, 0.05) is 25.7 Å². The molecule has 1 aromatic heterocycles. The van der Waals surface area contributed by atoms with Crippen molar-refractivity contribution in [3.8, 4) is 5.75 Å². The second-order valence-electron chi connectivity index (χ2n) is 6.82. The van der Waals surface area contributed by atoms with Crippen LogP contribution in [0.15, 0.2) is 18.2 Å². The molecule has 1 N–H and O–H groups in total. The Morgan fingerprint density at radius 3 is 2.85 bits per heavy atom. The molecule has 1 aliphatic heterocycles. The fourth-order valence-electron chi connectivity index (χ4n) is 3.15. The van der Waals surface area contributed by atoms with Crippen molar-refractivity contribution in [3.05, 3.63) is 46.4 Å². The molecule has 26 heavy (non-hydrogen) atoms. The molecule has 6 heteroatoms. The van der Waals surface area contributed by atoms with E-state index in [1.807, 2.05) is 14.0 Å². The zero-order valence-corrected chi connectivity index (χ0v) is 15.9. The molecule has 0 saturated carbocycles. The minimum absolute atomic E-state index is 0.107. The average Bonchev–Trinajstić information content (AvgIpc) is 2.61. The lowest BCUT2D eigenvalue weighted by Gasteiger charge is -2.25. The van der Waals surface area contributed by atoms with E-state index in [0.717, 1.165) is 42.1 Å². The minimum atomic E-state index is -0.107. The van der Waals surface area contributed by atoms with Gasteiger partial charge < -0.3 is 15.0 Å². The van der Waals surface area contributed by atoms with E-state index in [4.69, 9.17) is 4.74 Å². The van der Waals surface area contributed by atoms with Gasteiger partial charge in [-0.05, 0) is 50.8 Å². The number of benzene rings is 1. The molecule has 0 radical (unpaired) electrons. The summed E-state index contributed by atoms with van der Waals surface area (Å²) in [6.07, 6.45) is 1.63. The van der Waals surface area contributed by atoms with E-state index in [0.29, 0.717) is 24.7 Å². The molecular weight excluding hydrogens is 328 g/mol. The number of ether oxygens (including phenoxy) is 1. The third kappa shape index (κ3) is 3.95. The zero-order chi connectivity index (χ0) is 18.7. The van der Waals surface area contributed by atoms with Crippen LogP contribution in [0.25, 0.3) is 0 Å². The van der Waals surface area contributed by atoms with Gasteiger partial charge in [-0.25, -0.2) is 9.97 Å². The molecule has 1 aromatic carbocycles. The fraction of sp³-hybridized carbons (Fsp3) is 0.450. The van der Waals surface area contributed by atoms with Crippen LogP contribution in [0.2, 0.25) is 0 Å². The number of nitrogens with one attached hydrogen (secondary N) is 1. The van der Waals surface area contributed by atoms with Gasteiger partial charge in [0.15, 0.2) is 0 Å². The Morgan fingerprint density at radius 2 is 2.04 bits per heavy atom. The molecule has 3 rings (SSSR count). The molecule has 0 spiro atoms. The van der Waals surface area contributed by atoms with Gasteiger partial charge in [0.1, 0.15) is 23.1 Å². The molecule has 0 unspecified atom stereocenters. The van der Waals surface area contributed by atoms with Crippen LogP contribution in [0.4, 0.5) is 5.82 Å². The summed E-state index contributed by atoms with van der Waals surface area (Å²) in [6, 6.07) is 6.24. The highest BCUT2D eigenvalue weighted by Gasteiger charge is 2.24. The topological polar surface area (TPSA) is 67.3 Å². The maximum atomic E-state index is 12.0. The van der Waals surface area contributed by atoms with Gasteiger partial charge >= 0.3 is 0 Å². The standard InChI is InChI=1S/C20H26N4O2/c1-13-6-7-14(2)17(12-13)26-11-5-10-24(4)19-16-8-9-21-20(25)18(16)22-15(3)23-19/h6-7,12H,5,8-11H2,1-4H3,(H,21,25). The lowest BCUT2D eigenvalue weighted by atomic mass is 10.1. The molecular formula is C20H26N4O2. The first-order valence-corrected chi connectivity index (χ1v) is 9.02. The number of aromatic nitrogens is 2. The van der Waals surface area contributed by atoms with Crippen molar-refractivity contribution in [2.75, 3.05) is 31.6 Å². The van der Waals surface area contributed by atoms with Crippen LogP contribution in [0.5, 0.6) is 5.75 Å². The maximum absolute atomic E-state index is 12.0. The Morgan fingerprint density at radius 1 is 1.23 bits per heavy atom. The number of anilines is 1. The number of amides is 1. The van der Waals surface area contributed by atoms with Gasteiger partial charge in [0.25, 0.3) is 5.91 Å². The molecule has 0 atom stereocenters. The van der Waals surface area contributed by atoms with Crippen molar-refractivity contribution in [1.82, 2.24) is 15.3 Å². The summed E-state index contributed by atoms with van der Waals surface area (Å²) in [6.45, 7) is 8.02. The second-order valence-corrected chi connectivity index (χ2v) is 6.82. The quantitative estimate of drug-likeness (QED) is 0.808. The number of rotatable bonds is 6. The summed E-state index contributed by atoms with van der Waals surface area (Å²) in [4.78, 5) is 23.0. The molecule has 138 valence electrons. The number of hydrogen-bond donors (Lipinski definition) is 1. The van der Waals surface area contributed by atoms with Gasteiger partial charge in [-0.2, -0.15) is 0 Å². The molecule has 2 aromatic rings. The smallest absolute Gasteiger partial charge is 0.270 e. The Hall–Kier alpha value is -2.63. The highest BCUT2D eigenvalue weighted by Crippen LogP contribution is 2.23. The highest BCUT2D eigenvalue weighted by atomic mass is 16.5. The normalized spacial score (nSPS) is 13.2. The maximum Gasteiger partial charge on any atom is 0.270 e. The van der Waals surface area contributed by atoms with Crippen LogP contribution in [-0.2, 0) is 6.42 Å². The highest BCUT2D eigenvalue weighted by molar-refractivity contribution is 5.96. The molecule has 1 aliphatic rings. The van der Waals surface area contributed by atoms with Crippen molar-refractivity contribution < 1.29 is 9.53 Å². The summed E-state index contributed by atoms with van der Waals surface area (Å²) in [5, 5.41) is 2.84. The molecule has 0 fully saturated rings. The Balaban J connectivity index is 1.63. The van der Waals surface area contributed by atoms with Crippen molar-refractivity contribution in [2.24, 2.45) is 0 Å². The number of carbonyl (C=O) groups is 1. The first-order valence-electron chi connectivity index (χ1n) is 9.02. The number of fused-ring (bicyclic) bond motifs is 1. The Bertz CT molecular complexity index is 820. The van der Waals surface area contributed by atoms with Crippen LogP contribution >= 0.6 is 0 Å². The first kappa shape index (κ1) is 18.2. The Kier molecular flexibility index (Phi) is 5.40. The Labute approximate surface area is 154 Å². The third-order valence-corrected chi connectivity index (χ3v) is 4.57. The first-order chi connectivity index (χ1) is 12.5. The van der Waals surface area contributed by atoms with E-state index in [1.165, 1.54) is 5.56 Å². The fourth-order valence-corrected chi connectivity index (χ4v) is 3.15. The molecule has 2 heterocycles. The number of aryl methyl sites for hydroxylation is 3. The molecule has 1 amide bonds. The van der Waals surface area contributed by atoms with Crippen molar-refractivity contribution in [2.45, 2.75) is 33.6 Å². The largest absolute Gasteiger partial charge is 0.493 e. The predicted molar refractivity (Wildman–Crippen MR) is 102 cm³/mol. The predicted octanol–water partition coefficient (Wildman–Crippen LogP) is 2.59. The number of carbonyl (C=O) groups excluding carboxylic acids is 1. The lowest BCUT2D eigenvalue weighted by Crippen LogP contribution is -2.35. The zero-order valence-electron chi connectivity index (χ0n) is 15.9. The summed E-state index contributed by atoms with van der Waals surface area (Å²) in [5.41, 5.74) is 3.80. The second kappa shape index (κ2) is 7.72. The van der Waals surface area contributed by atoms with Crippen molar-refractivity contribution in [3.63, 3.8) is 0 Å². The number of hydrogen-bond acceptors (Lipinski definition) is 5.